The van der Waals surface area contributed by atoms with Gasteiger partial charge in [0.05, 0.1) is 17.3 Å². The van der Waals surface area contributed by atoms with Crippen molar-refractivity contribution in [1.82, 2.24) is 0 Å². The van der Waals surface area contributed by atoms with Gasteiger partial charge in [-0.15, -0.1) is 0 Å². The first-order valence-electron chi connectivity index (χ1n) is 6.48. The van der Waals surface area contributed by atoms with Gasteiger partial charge in [-0.3, -0.25) is 0 Å². The maximum atomic E-state index is 9.81. The van der Waals surface area contributed by atoms with Crippen molar-refractivity contribution in [2.24, 2.45) is 0 Å². The topological polar surface area (TPSA) is 41.5 Å². The van der Waals surface area contributed by atoms with Gasteiger partial charge in [-0.25, -0.2) is 0 Å². The third-order valence-electron chi connectivity index (χ3n) is 3.28. The summed E-state index contributed by atoms with van der Waals surface area (Å²) >= 11 is 6.99. The highest BCUT2D eigenvalue weighted by atomic mass is 79.9. The molecule has 21 heavy (non-hydrogen) atoms. The number of methoxy groups -OCH3 is 1. The van der Waals surface area contributed by atoms with Crippen LogP contribution < -0.4 is 10.1 Å². The Labute approximate surface area is 141 Å². The molecule has 0 spiro atoms. The molecule has 2 aromatic rings. The molecule has 0 atom stereocenters. The minimum absolute atomic E-state index is 0.366. The lowest BCUT2D eigenvalue weighted by Crippen LogP contribution is -2.02. The van der Waals surface area contributed by atoms with Gasteiger partial charge >= 0.3 is 0 Å². The number of ether oxygens (including phenoxy) is 1. The molecule has 0 amide bonds. The zero-order valence-electron chi connectivity index (χ0n) is 12.1. The maximum absolute atomic E-state index is 9.81. The fourth-order valence-corrected chi connectivity index (χ4v) is 3.46. The third kappa shape index (κ3) is 3.71. The van der Waals surface area contributed by atoms with Crippen molar-refractivity contribution >= 4 is 37.5 Å². The molecule has 2 aromatic carbocycles. The summed E-state index contributed by atoms with van der Waals surface area (Å²) < 4.78 is 7.17. The van der Waals surface area contributed by atoms with E-state index in [2.05, 4.69) is 37.2 Å². The predicted octanol–water partition coefficient (Wildman–Crippen LogP) is 5.15. The Balaban J connectivity index is 2.20. The van der Waals surface area contributed by atoms with Crippen molar-refractivity contribution in [3.63, 3.8) is 0 Å². The molecule has 2 rings (SSSR count). The van der Waals surface area contributed by atoms with Crippen LogP contribution in [0.4, 0.5) is 5.69 Å². The molecule has 112 valence electrons. The first-order chi connectivity index (χ1) is 9.92. The standard InChI is InChI=1S/C16H17Br2NO2/c1-9-4-11(5-10(2)16(9)20)8-19-14-7-15(21-3)13(18)6-12(14)17/h4-7,19-20H,8H2,1-3H3. The molecule has 0 bridgehead atoms. The number of rotatable bonds is 4. The normalized spacial score (nSPS) is 10.5. The lowest BCUT2D eigenvalue weighted by Gasteiger charge is -2.13. The average molecular weight is 415 g/mol. The zero-order chi connectivity index (χ0) is 15.6. The van der Waals surface area contributed by atoms with Crippen LogP contribution in [0.15, 0.2) is 33.2 Å². The van der Waals surface area contributed by atoms with E-state index in [-0.39, 0.29) is 0 Å². The van der Waals surface area contributed by atoms with E-state index in [1.807, 2.05) is 38.1 Å². The van der Waals surface area contributed by atoms with Crippen molar-refractivity contribution in [1.29, 1.82) is 0 Å². The molecule has 2 N–H and O–H groups in total. The van der Waals surface area contributed by atoms with Crippen LogP contribution in [0.5, 0.6) is 11.5 Å². The molecule has 5 heteroatoms. The van der Waals surface area contributed by atoms with Crippen LogP contribution in [-0.2, 0) is 6.54 Å². The molecule has 3 nitrogen and oxygen atoms in total. The van der Waals surface area contributed by atoms with Crippen LogP contribution in [0.1, 0.15) is 16.7 Å². The van der Waals surface area contributed by atoms with Crippen LogP contribution in [0.2, 0.25) is 0 Å². The highest BCUT2D eigenvalue weighted by Crippen LogP contribution is 2.35. The monoisotopic (exact) mass is 413 g/mol. The summed E-state index contributed by atoms with van der Waals surface area (Å²) in [5, 5.41) is 13.2. The van der Waals surface area contributed by atoms with Gasteiger partial charge in [-0.1, -0.05) is 12.1 Å². The van der Waals surface area contributed by atoms with Gasteiger partial charge in [0.15, 0.2) is 0 Å². The second-order valence-corrected chi connectivity index (χ2v) is 6.61. The fourth-order valence-electron chi connectivity index (χ4n) is 2.17. The number of hydrogen-bond acceptors (Lipinski definition) is 3. The first-order valence-corrected chi connectivity index (χ1v) is 8.07. The minimum atomic E-state index is 0.366. The molecule has 0 aliphatic heterocycles. The van der Waals surface area contributed by atoms with Gasteiger partial charge in [0.1, 0.15) is 11.5 Å². The molecule has 0 aromatic heterocycles. The Bertz CT molecular complexity index is 649. The van der Waals surface area contributed by atoms with Crippen LogP contribution in [0.3, 0.4) is 0 Å². The van der Waals surface area contributed by atoms with E-state index in [0.717, 1.165) is 37.1 Å². The molecule has 0 saturated heterocycles. The second-order valence-electron chi connectivity index (χ2n) is 4.90. The number of halogens is 2. The van der Waals surface area contributed by atoms with E-state index in [1.54, 1.807) is 7.11 Å². The van der Waals surface area contributed by atoms with Gasteiger partial charge in [0.2, 0.25) is 0 Å². The molecule has 0 aliphatic carbocycles. The summed E-state index contributed by atoms with van der Waals surface area (Å²) in [5.41, 5.74) is 3.86. The van der Waals surface area contributed by atoms with E-state index < -0.39 is 0 Å². The van der Waals surface area contributed by atoms with Crippen molar-refractivity contribution in [3.8, 4) is 11.5 Å². The van der Waals surface area contributed by atoms with Crippen LogP contribution in [-0.4, -0.2) is 12.2 Å². The largest absolute Gasteiger partial charge is 0.507 e. The third-order valence-corrected chi connectivity index (χ3v) is 4.55. The van der Waals surface area contributed by atoms with E-state index >= 15 is 0 Å². The number of nitrogens with one attached hydrogen (secondary N) is 1. The Hall–Kier alpha value is -1.20. The lowest BCUT2D eigenvalue weighted by atomic mass is 10.1. The smallest absolute Gasteiger partial charge is 0.135 e. The summed E-state index contributed by atoms with van der Waals surface area (Å²) in [5.74, 6) is 1.14. The highest BCUT2D eigenvalue weighted by molar-refractivity contribution is 9.11. The Kier molecular flexibility index (Phi) is 5.17. The Morgan fingerprint density at radius 1 is 1.05 bits per heavy atom. The predicted molar refractivity (Wildman–Crippen MR) is 93.3 cm³/mol. The fraction of sp³-hybridized carbons (Fsp3) is 0.250. The number of benzene rings is 2. The van der Waals surface area contributed by atoms with Gasteiger partial charge < -0.3 is 15.2 Å². The van der Waals surface area contributed by atoms with Gasteiger partial charge in [-0.2, -0.15) is 0 Å². The van der Waals surface area contributed by atoms with Crippen molar-refractivity contribution in [3.05, 3.63) is 49.9 Å². The Morgan fingerprint density at radius 3 is 2.24 bits per heavy atom. The van der Waals surface area contributed by atoms with Gasteiger partial charge in [0.25, 0.3) is 0 Å². The number of phenolic OH excluding ortho intramolecular Hbond substituents is 1. The van der Waals surface area contributed by atoms with Crippen molar-refractivity contribution in [2.75, 3.05) is 12.4 Å². The summed E-state index contributed by atoms with van der Waals surface area (Å²) in [4.78, 5) is 0. The van der Waals surface area contributed by atoms with Crippen LogP contribution in [0, 0.1) is 13.8 Å². The maximum Gasteiger partial charge on any atom is 0.135 e. The summed E-state index contributed by atoms with van der Waals surface area (Å²) in [7, 11) is 1.64. The van der Waals surface area contributed by atoms with Crippen molar-refractivity contribution in [2.45, 2.75) is 20.4 Å². The number of hydrogen-bond donors (Lipinski definition) is 2. The van der Waals surface area contributed by atoms with Gasteiger partial charge in [0, 0.05) is 17.1 Å². The van der Waals surface area contributed by atoms with Crippen LogP contribution >= 0.6 is 31.9 Å². The van der Waals surface area contributed by atoms with E-state index in [4.69, 9.17) is 4.74 Å². The average Bonchev–Trinajstić information content (AvgIpc) is 2.43. The Morgan fingerprint density at radius 2 is 1.67 bits per heavy atom. The number of aryl methyl sites for hydroxylation is 2. The molecular formula is C16H17Br2NO2. The van der Waals surface area contributed by atoms with E-state index in [9.17, 15) is 5.11 Å². The molecule has 0 heterocycles. The quantitative estimate of drug-likeness (QED) is 0.726. The van der Waals surface area contributed by atoms with Gasteiger partial charge in [-0.05, 0) is 68.5 Å². The zero-order valence-corrected chi connectivity index (χ0v) is 15.3. The highest BCUT2D eigenvalue weighted by Gasteiger charge is 2.08. The van der Waals surface area contributed by atoms with Crippen LogP contribution in [0.25, 0.3) is 0 Å². The number of phenols is 1. The SMILES string of the molecule is COc1cc(NCc2cc(C)c(O)c(C)c2)c(Br)cc1Br. The molecule has 0 saturated carbocycles. The summed E-state index contributed by atoms with van der Waals surface area (Å²) in [6.07, 6.45) is 0. The first kappa shape index (κ1) is 16.2. The summed E-state index contributed by atoms with van der Waals surface area (Å²) in [6.45, 7) is 4.49. The molecular weight excluding hydrogens is 398 g/mol. The lowest BCUT2D eigenvalue weighted by molar-refractivity contribution is 0.412. The van der Waals surface area contributed by atoms with E-state index in [1.165, 1.54) is 0 Å². The molecule has 0 radical (unpaired) electrons. The summed E-state index contributed by atoms with van der Waals surface area (Å²) in [6, 6.07) is 7.86. The minimum Gasteiger partial charge on any atom is -0.507 e. The molecule has 0 aliphatic rings. The molecule has 0 unspecified atom stereocenters. The van der Waals surface area contributed by atoms with Crippen molar-refractivity contribution < 1.29 is 9.84 Å². The number of anilines is 1. The number of aromatic hydroxyl groups is 1. The van der Waals surface area contributed by atoms with E-state index in [0.29, 0.717) is 12.3 Å². The second kappa shape index (κ2) is 6.71. The molecule has 0 fully saturated rings.